The summed E-state index contributed by atoms with van der Waals surface area (Å²) in [5.41, 5.74) is 2.09. The summed E-state index contributed by atoms with van der Waals surface area (Å²) in [5.74, 6) is -0.292. The first-order chi connectivity index (χ1) is 16.6. The molecule has 4 unspecified atom stereocenters. The van der Waals surface area contributed by atoms with Crippen LogP contribution in [0.5, 0.6) is 5.75 Å². The standard InChI is InChI=1S/C26H30N2O6/c29-11-10-27-25(31)19-13-20(23(30)24-22(19)18-7-3-4-8-21(18)34-24)28(14-16-9-12-33-15-16)26(32)17-5-1-2-6-17/h3-4,7-9,12-13,15,17,20,22-24,29-30H,1-2,5-6,10-11,14H2,(H,27,31). The predicted molar refractivity (Wildman–Crippen MR) is 123 cm³/mol. The third-order valence-corrected chi connectivity index (χ3v) is 7.16. The van der Waals surface area contributed by atoms with E-state index in [1.54, 1.807) is 29.6 Å². The molecule has 2 amide bonds. The molecule has 3 aliphatic rings. The molecule has 0 bridgehead atoms. The number of carbonyl (C=O) groups is 2. The SMILES string of the molecule is O=C(NCCO)C1=CC(N(Cc2ccoc2)C(=O)C2CCCC2)C(O)C2Oc3ccccc3C12. The van der Waals surface area contributed by atoms with Crippen LogP contribution in [0.2, 0.25) is 0 Å². The van der Waals surface area contributed by atoms with Gasteiger partial charge in [0.05, 0.1) is 31.1 Å². The summed E-state index contributed by atoms with van der Waals surface area (Å²) >= 11 is 0. The molecule has 2 heterocycles. The molecule has 1 fully saturated rings. The molecule has 2 aliphatic carbocycles. The van der Waals surface area contributed by atoms with E-state index in [2.05, 4.69) is 5.32 Å². The molecule has 2 aromatic rings. The van der Waals surface area contributed by atoms with Gasteiger partial charge >= 0.3 is 0 Å². The van der Waals surface area contributed by atoms with Crippen LogP contribution in [0.25, 0.3) is 0 Å². The Balaban J connectivity index is 1.54. The number of benzene rings is 1. The molecule has 5 rings (SSSR count). The summed E-state index contributed by atoms with van der Waals surface area (Å²) in [6.45, 7) is 0.196. The maximum Gasteiger partial charge on any atom is 0.247 e. The van der Waals surface area contributed by atoms with Gasteiger partial charge in [-0.15, -0.1) is 0 Å². The van der Waals surface area contributed by atoms with Crippen LogP contribution in [0.15, 0.2) is 58.9 Å². The molecule has 8 heteroatoms. The zero-order valence-corrected chi connectivity index (χ0v) is 18.9. The van der Waals surface area contributed by atoms with Crippen molar-refractivity contribution in [2.75, 3.05) is 13.2 Å². The van der Waals surface area contributed by atoms with Crippen molar-refractivity contribution >= 4 is 11.8 Å². The Morgan fingerprint density at radius 1 is 1.15 bits per heavy atom. The lowest BCUT2D eigenvalue weighted by molar-refractivity contribution is -0.142. The number of hydrogen-bond acceptors (Lipinski definition) is 6. The van der Waals surface area contributed by atoms with Gasteiger partial charge < -0.3 is 29.6 Å². The summed E-state index contributed by atoms with van der Waals surface area (Å²) in [6.07, 6.45) is 6.81. The van der Waals surface area contributed by atoms with Crippen LogP contribution >= 0.6 is 0 Å². The molecule has 1 aromatic heterocycles. The lowest BCUT2D eigenvalue weighted by Gasteiger charge is -2.41. The number of para-hydroxylation sites is 1. The fourth-order valence-electron chi connectivity index (χ4n) is 5.51. The summed E-state index contributed by atoms with van der Waals surface area (Å²) in [5, 5.41) is 23.5. The highest BCUT2D eigenvalue weighted by Crippen LogP contribution is 2.47. The van der Waals surface area contributed by atoms with E-state index in [1.807, 2.05) is 24.3 Å². The smallest absolute Gasteiger partial charge is 0.247 e. The molecule has 180 valence electrons. The summed E-state index contributed by atoms with van der Waals surface area (Å²) < 4.78 is 11.4. The number of furan rings is 1. The molecule has 3 N–H and O–H groups in total. The number of hydrogen-bond donors (Lipinski definition) is 3. The second-order valence-electron chi connectivity index (χ2n) is 9.26. The quantitative estimate of drug-likeness (QED) is 0.576. The van der Waals surface area contributed by atoms with Gasteiger partial charge in [-0.2, -0.15) is 0 Å². The van der Waals surface area contributed by atoms with Crippen molar-refractivity contribution in [3.63, 3.8) is 0 Å². The Bertz CT molecular complexity index is 1060. The monoisotopic (exact) mass is 466 g/mol. The Hall–Kier alpha value is -3.10. The maximum absolute atomic E-state index is 13.7. The highest BCUT2D eigenvalue weighted by atomic mass is 16.5. The van der Waals surface area contributed by atoms with Gasteiger partial charge in [0, 0.05) is 35.7 Å². The van der Waals surface area contributed by atoms with Crippen LogP contribution < -0.4 is 10.1 Å². The Kier molecular flexibility index (Phi) is 6.43. The molecular weight excluding hydrogens is 436 g/mol. The minimum absolute atomic E-state index is 0.0249. The van der Waals surface area contributed by atoms with E-state index in [4.69, 9.17) is 9.15 Å². The van der Waals surface area contributed by atoms with Gasteiger partial charge in [0.15, 0.2) is 0 Å². The first-order valence-corrected chi connectivity index (χ1v) is 11.9. The van der Waals surface area contributed by atoms with Crippen molar-refractivity contribution in [1.82, 2.24) is 10.2 Å². The van der Waals surface area contributed by atoms with Crippen molar-refractivity contribution in [2.24, 2.45) is 5.92 Å². The van der Waals surface area contributed by atoms with Crippen molar-refractivity contribution in [2.45, 2.75) is 56.4 Å². The Morgan fingerprint density at radius 3 is 2.68 bits per heavy atom. The molecule has 8 nitrogen and oxygen atoms in total. The Morgan fingerprint density at radius 2 is 1.94 bits per heavy atom. The average molecular weight is 467 g/mol. The first kappa shape index (κ1) is 22.7. The summed E-state index contributed by atoms with van der Waals surface area (Å²) in [7, 11) is 0. The minimum Gasteiger partial charge on any atom is -0.486 e. The van der Waals surface area contributed by atoms with Crippen LogP contribution in [0.4, 0.5) is 0 Å². The van der Waals surface area contributed by atoms with Gasteiger partial charge in [-0.25, -0.2) is 0 Å². The molecule has 0 radical (unpaired) electrons. The van der Waals surface area contributed by atoms with Crippen LogP contribution in [-0.2, 0) is 16.1 Å². The molecule has 1 saturated carbocycles. The number of amides is 2. The van der Waals surface area contributed by atoms with Crippen molar-refractivity contribution in [3.05, 3.63) is 65.6 Å². The van der Waals surface area contributed by atoms with Crippen molar-refractivity contribution < 1.29 is 29.0 Å². The van der Waals surface area contributed by atoms with E-state index in [0.29, 0.717) is 11.3 Å². The number of nitrogens with zero attached hydrogens (tertiary/aromatic N) is 1. The number of aliphatic hydroxyl groups excluding tert-OH is 2. The summed E-state index contributed by atoms with van der Waals surface area (Å²) in [6, 6.07) is 8.51. The lowest BCUT2D eigenvalue weighted by Crippen LogP contribution is -2.56. The van der Waals surface area contributed by atoms with Crippen LogP contribution in [0, 0.1) is 5.92 Å². The second-order valence-corrected chi connectivity index (χ2v) is 9.26. The third-order valence-electron chi connectivity index (χ3n) is 7.16. The normalized spacial score (nSPS) is 25.8. The molecular formula is C26H30N2O6. The molecule has 34 heavy (non-hydrogen) atoms. The molecule has 1 aromatic carbocycles. The third kappa shape index (κ3) is 4.12. The van der Waals surface area contributed by atoms with E-state index < -0.39 is 24.2 Å². The fourth-order valence-corrected chi connectivity index (χ4v) is 5.51. The number of aliphatic hydroxyl groups is 2. The zero-order valence-electron chi connectivity index (χ0n) is 18.9. The van der Waals surface area contributed by atoms with E-state index >= 15 is 0 Å². The van der Waals surface area contributed by atoms with E-state index in [1.165, 1.54) is 0 Å². The number of carbonyl (C=O) groups excluding carboxylic acids is 2. The topological polar surface area (TPSA) is 112 Å². The van der Waals surface area contributed by atoms with Crippen molar-refractivity contribution in [3.8, 4) is 5.75 Å². The lowest BCUT2D eigenvalue weighted by atomic mass is 9.77. The highest BCUT2D eigenvalue weighted by molar-refractivity contribution is 5.96. The van der Waals surface area contributed by atoms with E-state index in [-0.39, 0.29) is 37.4 Å². The number of fused-ring (bicyclic) bond motifs is 3. The van der Waals surface area contributed by atoms with Gasteiger partial charge in [-0.1, -0.05) is 31.0 Å². The number of nitrogens with one attached hydrogen (secondary N) is 1. The fraction of sp³-hybridized carbons (Fsp3) is 0.462. The van der Waals surface area contributed by atoms with Gasteiger partial charge in [0.25, 0.3) is 0 Å². The summed E-state index contributed by atoms with van der Waals surface area (Å²) in [4.78, 5) is 28.5. The van der Waals surface area contributed by atoms with Gasteiger partial charge in [0.2, 0.25) is 11.8 Å². The van der Waals surface area contributed by atoms with Gasteiger partial charge in [0.1, 0.15) is 18.0 Å². The van der Waals surface area contributed by atoms with Crippen LogP contribution in [0.1, 0.15) is 42.7 Å². The average Bonchev–Trinajstić information content (AvgIpc) is 3.62. The van der Waals surface area contributed by atoms with Crippen LogP contribution in [-0.4, -0.2) is 58.3 Å². The highest BCUT2D eigenvalue weighted by Gasteiger charge is 2.50. The predicted octanol–water partition coefficient (Wildman–Crippen LogP) is 2.12. The number of rotatable bonds is 7. The van der Waals surface area contributed by atoms with Crippen molar-refractivity contribution in [1.29, 1.82) is 0 Å². The molecule has 0 spiro atoms. The Labute approximate surface area is 198 Å². The molecule has 1 aliphatic heterocycles. The number of ether oxygens (including phenoxy) is 1. The van der Waals surface area contributed by atoms with E-state index in [9.17, 15) is 19.8 Å². The first-order valence-electron chi connectivity index (χ1n) is 11.9. The van der Waals surface area contributed by atoms with Gasteiger partial charge in [-0.05, 0) is 31.1 Å². The molecule has 0 saturated heterocycles. The van der Waals surface area contributed by atoms with E-state index in [0.717, 1.165) is 36.8 Å². The maximum atomic E-state index is 13.7. The van der Waals surface area contributed by atoms with Gasteiger partial charge in [-0.3, -0.25) is 9.59 Å². The largest absolute Gasteiger partial charge is 0.486 e. The molecule has 4 atom stereocenters. The minimum atomic E-state index is -1.02. The van der Waals surface area contributed by atoms with Crippen LogP contribution in [0.3, 0.4) is 0 Å². The second kappa shape index (κ2) is 9.64. The zero-order chi connectivity index (χ0) is 23.7.